The van der Waals surface area contributed by atoms with Crippen LogP contribution in [0.4, 0.5) is 43.8 Å². The van der Waals surface area contributed by atoms with Gasteiger partial charge in [0.25, 0.3) is 0 Å². The van der Waals surface area contributed by atoms with Crippen molar-refractivity contribution in [2.24, 2.45) is 4.99 Å². The molecule has 1 atom stereocenters. The van der Waals surface area contributed by atoms with E-state index in [0.717, 1.165) is 12.1 Å². The Kier molecular flexibility index (Phi) is 5.91. The number of ketones is 1. The van der Waals surface area contributed by atoms with E-state index in [1.54, 1.807) is 0 Å². The second-order valence-corrected chi connectivity index (χ2v) is 7.63. The van der Waals surface area contributed by atoms with Crippen LogP contribution in [0.5, 0.6) is 0 Å². The van der Waals surface area contributed by atoms with Crippen molar-refractivity contribution >= 4 is 35.4 Å². The third-order valence-corrected chi connectivity index (χ3v) is 5.17. The van der Waals surface area contributed by atoms with E-state index < -0.39 is 35.6 Å². The van der Waals surface area contributed by atoms with E-state index in [2.05, 4.69) is 20.3 Å². The average Bonchev–Trinajstić information content (AvgIpc) is 3.21. The first kappa shape index (κ1) is 23.4. The van der Waals surface area contributed by atoms with E-state index in [0.29, 0.717) is 0 Å². The van der Waals surface area contributed by atoms with Gasteiger partial charge in [-0.15, -0.1) is 0 Å². The van der Waals surface area contributed by atoms with Gasteiger partial charge in [-0.25, -0.2) is 4.98 Å². The Balaban J connectivity index is 1.63. The van der Waals surface area contributed by atoms with Gasteiger partial charge in [0.1, 0.15) is 12.4 Å². The summed E-state index contributed by atoms with van der Waals surface area (Å²) in [7, 11) is 0. The number of carbonyl (C=O) groups is 2. The lowest BCUT2D eigenvalue weighted by atomic mass is 10.1. The number of nitrogens with zero attached hydrogens (tertiary/aromatic N) is 4. The van der Waals surface area contributed by atoms with Crippen molar-refractivity contribution < 1.29 is 35.9 Å². The predicted molar refractivity (Wildman–Crippen MR) is 108 cm³/mol. The Morgan fingerprint density at radius 1 is 1.12 bits per heavy atom. The molecule has 1 saturated heterocycles. The summed E-state index contributed by atoms with van der Waals surface area (Å²) in [5.74, 6) is -2.54. The number of rotatable bonds is 4. The van der Waals surface area contributed by atoms with Gasteiger partial charge >= 0.3 is 18.3 Å². The monoisotopic (exact) mass is 486 g/mol. The molecule has 180 valence electrons. The van der Waals surface area contributed by atoms with Gasteiger partial charge < -0.3 is 15.5 Å². The first-order chi connectivity index (χ1) is 15.9. The minimum Gasteiger partial charge on any atom is -0.344 e. The van der Waals surface area contributed by atoms with E-state index in [-0.39, 0.29) is 54.8 Å². The van der Waals surface area contributed by atoms with Crippen molar-refractivity contribution in [3.8, 4) is 0 Å². The number of alkyl halides is 6. The summed E-state index contributed by atoms with van der Waals surface area (Å²) in [5, 5.41) is 4.62. The predicted octanol–water partition coefficient (Wildman–Crippen LogP) is 3.11. The Hall–Kier alpha value is -3.71. The molecule has 1 fully saturated rings. The molecule has 0 spiro atoms. The normalized spacial score (nSPS) is 18.1. The van der Waals surface area contributed by atoms with E-state index >= 15 is 0 Å². The maximum absolute atomic E-state index is 13.1. The summed E-state index contributed by atoms with van der Waals surface area (Å²) in [6.07, 6.45) is -8.10. The average molecular weight is 486 g/mol. The number of aromatic nitrogens is 2. The maximum Gasteiger partial charge on any atom is 0.471 e. The van der Waals surface area contributed by atoms with E-state index in [1.165, 1.54) is 23.2 Å². The van der Waals surface area contributed by atoms with Crippen molar-refractivity contribution in [1.29, 1.82) is 0 Å². The fourth-order valence-corrected chi connectivity index (χ4v) is 3.60. The molecule has 0 aliphatic carbocycles. The Morgan fingerprint density at radius 2 is 1.88 bits per heavy atom. The van der Waals surface area contributed by atoms with Crippen LogP contribution in [0.3, 0.4) is 0 Å². The molecule has 2 N–H and O–H groups in total. The molecule has 34 heavy (non-hydrogen) atoms. The van der Waals surface area contributed by atoms with Gasteiger partial charge in [0.2, 0.25) is 5.95 Å². The highest BCUT2D eigenvalue weighted by Gasteiger charge is 2.41. The number of nitrogens with one attached hydrogen (secondary N) is 2. The summed E-state index contributed by atoms with van der Waals surface area (Å²) in [5.41, 5.74) is -0.721. The number of fused-ring (bicyclic) bond motifs is 1. The minimum atomic E-state index is -5.02. The molecule has 3 heterocycles. The third-order valence-electron chi connectivity index (χ3n) is 5.17. The first-order valence-electron chi connectivity index (χ1n) is 9.94. The molecule has 4 rings (SSSR count). The first-order valence-corrected chi connectivity index (χ1v) is 9.94. The standard InChI is InChI=1S/C20H16F6N6O2/c21-19(22,23)10-2-1-3-11(6-10)28-16-15-13(7-27-8-14(15)33)30-18(31-16)32-5-4-12(9-32)29-17(34)20(24,25)26/h1-3,6-7,12H,4-5,8-9H2,(H,29,34)(H,28,30,31)/t12-/m1/s1. The highest BCUT2D eigenvalue weighted by Crippen LogP contribution is 2.33. The molecule has 0 bridgehead atoms. The Morgan fingerprint density at radius 3 is 2.59 bits per heavy atom. The van der Waals surface area contributed by atoms with E-state index in [1.807, 2.05) is 5.32 Å². The minimum absolute atomic E-state index is 0.0220. The van der Waals surface area contributed by atoms with Crippen LogP contribution in [0.25, 0.3) is 0 Å². The van der Waals surface area contributed by atoms with Gasteiger partial charge in [0.05, 0.1) is 16.8 Å². The number of halogens is 6. The van der Waals surface area contributed by atoms with Gasteiger partial charge in [-0.1, -0.05) is 6.07 Å². The van der Waals surface area contributed by atoms with Gasteiger partial charge in [0, 0.05) is 31.0 Å². The van der Waals surface area contributed by atoms with Gasteiger partial charge in [-0.3, -0.25) is 14.6 Å². The molecule has 1 aromatic heterocycles. The van der Waals surface area contributed by atoms with Crippen molar-refractivity contribution in [3.05, 3.63) is 41.1 Å². The number of hydrogen-bond acceptors (Lipinski definition) is 7. The van der Waals surface area contributed by atoms with Gasteiger partial charge in [-0.2, -0.15) is 31.3 Å². The molecule has 2 aliphatic heterocycles. The second-order valence-electron chi connectivity index (χ2n) is 7.63. The molecular weight excluding hydrogens is 470 g/mol. The van der Waals surface area contributed by atoms with Crippen molar-refractivity contribution in [2.75, 3.05) is 29.9 Å². The molecule has 2 aromatic rings. The number of anilines is 3. The molecular formula is C20H16F6N6O2. The molecule has 0 saturated carbocycles. The van der Waals surface area contributed by atoms with Crippen LogP contribution in [-0.2, 0) is 11.0 Å². The van der Waals surface area contributed by atoms with Crippen molar-refractivity contribution in [3.63, 3.8) is 0 Å². The van der Waals surface area contributed by atoms with Gasteiger partial charge in [-0.05, 0) is 24.6 Å². The molecule has 1 amide bonds. The molecule has 0 unspecified atom stereocenters. The van der Waals surface area contributed by atoms with Crippen LogP contribution >= 0.6 is 0 Å². The van der Waals surface area contributed by atoms with Crippen molar-refractivity contribution in [2.45, 2.75) is 24.8 Å². The second kappa shape index (κ2) is 8.57. The summed E-state index contributed by atoms with van der Waals surface area (Å²) < 4.78 is 76.8. The van der Waals surface area contributed by atoms with Crippen LogP contribution in [0.1, 0.15) is 28.0 Å². The van der Waals surface area contributed by atoms with Crippen LogP contribution < -0.4 is 15.5 Å². The highest BCUT2D eigenvalue weighted by molar-refractivity contribution is 6.11. The number of carbonyl (C=O) groups excluding carboxylic acids is 2. The lowest BCUT2D eigenvalue weighted by Gasteiger charge is -2.21. The lowest BCUT2D eigenvalue weighted by molar-refractivity contribution is -0.174. The molecule has 14 heteroatoms. The lowest BCUT2D eigenvalue weighted by Crippen LogP contribution is -2.44. The number of Topliss-reactive ketones (excluding diaryl/α,β-unsaturated/α-hetero) is 1. The van der Waals surface area contributed by atoms with Crippen LogP contribution in [0.15, 0.2) is 29.3 Å². The zero-order valence-electron chi connectivity index (χ0n) is 17.2. The van der Waals surface area contributed by atoms with Crippen LogP contribution in [-0.4, -0.2) is 59.7 Å². The number of benzene rings is 1. The van der Waals surface area contributed by atoms with E-state index in [4.69, 9.17) is 0 Å². The molecule has 2 aliphatic rings. The number of hydrogen-bond donors (Lipinski definition) is 2. The summed E-state index contributed by atoms with van der Waals surface area (Å²) >= 11 is 0. The fraction of sp³-hybridized carbons (Fsp3) is 0.350. The highest BCUT2D eigenvalue weighted by atomic mass is 19.4. The Bertz CT molecular complexity index is 1160. The smallest absolute Gasteiger partial charge is 0.344 e. The number of amides is 1. The zero-order chi connectivity index (χ0) is 24.7. The molecule has 1 aromatic carbocycles. The molecule has 8 nitrogen and oxygen atoms in total. The topological polar surface area (TPSA) is 99.6 Å². The Labute approximate surface area is 188 Å². The summed E-state index contributed by atoms with van der Waals surface area (Å²) in [6.45, 7) is -0.0212. The van der Waals surface area contributed by atoms with Gasteiger partial charge in [0.15, 0.2) is 5.78 Å². The third kappa shape index (κ3) is 4.94. The summed E-state index contributed by atoms with van der Waals surface area (Å²) in [6, 6.07) is 3.49. The molecule has 0 radical (unpaired) electrons. The maximum atomic E-state index is 13.1. The quantitative estimate of drug-likeness (QED) is 0.645. The van der Waals surface area contributed by atoms with Crippen LogP contribution in [0, 0.1) is 0 Å². The van der Waals surface area contributed by atoms with Crippen LogP contribution in [0.2, 0.25) is 0 Å². The van der Waals surface area contributed by atoms with Crippen molar-refractivity contribution in [1.82, 2.24) is 15.3 Å². The SMILES string of the molecule is O=C1CN=Cc2nc(N3CC[C@@H](NC(=O)C(F)(F)F)C3)nc(Nc3cccc(C(F)(F)F)c3)c21. The van der Waals surface area contributed by atoms with E-state index in [9.17, 15) is 35.9 Å². The number of aliphatic imine (C=N–C) groups is 1. The zero-order valence-corrected chi connectivity index (χ0v) is 17.2. The fourth-order valence-electron chi connectivity index (χ4n) is 3.60. The largest absolute Gasteiger partial charge is 0.471 e. The summed E-state index contributed by atoms with van der Waals surface area (Å²) in [4.78, 5) is 37.6.